The van der Waals surface area contributed by atoms with Gasteiger partial charge < -0.3 is 9.64 Å². The molecule has 1 aliphatic heterocycles. The van der Waals surface area contributed by atoms with Gasteiger partial charge in [-0.3, -0.25) is 0 Å². The molecule has 276 valence electrons. The standard InChI is InChI=1S/C56H41NO/c1-55(2)46-24-12-13-25-48(46)56(49-26-14-16-28-53(49)58-54-45-23-10-9-21-41(45)31-35-50(54)56)51-37-43(34-36-47(51)55)57(42-32-29-39(30-33-42)38-17-5-3-6-18-38)52-27-15-11-22-44(52)40-19-7-4-8-20-40/h3-37H,1-2H3. The minimum atomic E-state index is -0.659. The number of benzene rings is 9. The number of fused-ring (bicyclic) bond motifs is 10. The molecule has 2 aliphatic rings. The van der Waals surface area contributed by atoms with E-state index in [1.54, 1.807) is 0 Å². The van der Waals surface area contributed by atoms with Crippen LogP contribution in [0.5, 0.6) is 11.5 Å². The third-order valence-corrected chi connectivity index (χ3v) is 12.6. The summed E-state index contributed by atoms with van der Waals surface area (Å²) in [5.74, 6) is 1.81. The zero-order valence-electron chi connectivity index (χ0n) is 32.6. The molecule has 0 saturated carbocycles. The molecular weight excluding hydrogens is 703 g/mol. The van der Waals surface area contributed by atoms with Crippen molar-refractivity contribution in [1.82, 2.24) is 0 Å². The molecule has 2 nitrogen and oxygen atoms in total. The van der Waals surface area contributed by atoms with Crippen molar-refractivity contribution in [2.24, 2.45) is 0 Å². The number of rotatable bonds is 5. The summed E-state index contributed by atoms with van der Waals surface area (Å²) < 4.78 is 7.02. The average Bonchev–Trinajstić information content (AvgIpc) is 3.29. The van der Waals surface area contributed by atoms with Crippen molar-refractivity contribution in [3.63, 3.8) is 0 Å². The Hall–Kier alpha value is -7.16. The molecule has 1 heterocycles. The van der Waals surface area contributed by atoms with E-state index in [4.69, 9.17) is 4.74 Å². The summed E-state index contributed by atoms with van der Waals surface area (Å²) in [6, 6.07) is 77.4. The zero-order valence-corrected chi connectivity index (χ0v) is 32.6. The Balaban J connectivity index is 1.23. The molecule has 0 aromatic heterocycles. The van der Waals surface area contributed by atoms with Gasteiger partial charge in [-0.25, -0.2) is 0 Å². The van der Waals surface area contributed by atoms with Crippen molar-refractivity contribution >= 4 is 27.8 Å². The molecule has 0 bridgehead atoms. The fourth-order valence-corrected chi connectivity index (χ4v) is 9.91. The van der Waals surface area contributed by atoms with Crippen LogP contribution in [0.3, 0.4) is 0 Å². The van der Waals surface area contributed by atoms with E-state index in [0.717, 1.165) is 50.5 Å². The first-order chi connectivity index (χ1) is 28.5. The second kappa shape index (κ2) is 13.2. The summed E-state index contributed by atoms with van der Waals surface area (Å²) >= 11 is 0. The van der Waals surface area contributed by atoms with Crippen molar-refractivity contribution in [2.75, 3.05) is 4.90 Å². The molecule has 0 amide bonds. The summed E-state index contributed by atoms with van der Waals surface area (Å²) in [4.78, 5) is 2.45. The van der Waals surface area contributed by atoms with E-state index < -0.39 is 5.41 Å². The van der Waals surface area contributed by atoms with Gasteiger partial charge in [0, 0.05) is 38.9 Å². The van der Waals surface area contributed by atoms with Crippen molar-refractivity contribution in [3.05, 3.63) is 246 Å². The highest BCUT2D eigenvalue weighted by Gasteiger charge is 2.53. The maximum Gasteiger partial charge on any atom is 0.140 e. The lowest BCUT2D eigenvalue weighted by Crippen LogP contribution is -2.43. The molecule has 2 heteroatoms. The van der Waals surface area contributed by atoms with Gasteiger partial charge in [0.05, 0.1) is 11.1 Å². The molecule has 1 spiro atoms. The van der Waals surface area contributed by atoms with Crippen molar-refractivity contribution in [1.29, 1.82) is 0 Å². The molecule has 0 N–H and O–H groups in total. The van der Waals surface area contributed by atoms with Crippen LogP contribution in [0.2, 0.25) is 0 Å². The van der Waals surface area contributed by atoms with Gasteiger partial charge in [0.25, 0.3) is 0 Å². The summed E-state index contributed by atoms with van der Waals surface area (Å²) in [6.07, 6.45) is 0. The van der Waals surface area contributed by atoms with Gasteiger partial charge in [-0.2, -0.15) is 0 Å². The van der Waals surface area contributed by atoms with Crippen LogP contribution in [0.1, 0.15) is 47.2 Å². The van der Waals surface area contributed by atoms with Crippen molar-refractivity contribution in [2.45, 2.75) is 24.7 Å². The second-order valence-electron chi connectivity index (χ2n) is 16.0. The topological polar surface area (TPSA) is 12.5 Å². The number of hydrogen-bond donors (Lipinski definition) is 0. The Kier molecular flexibility index (Phi) is 7.78. The molecule has 9 aromatic carbocycles. The fourth-order valence-electron chi connectivity index (χ4n) is 9.91. The summed E-state index contributed by atoms with van der Waals surface area (Å²) in [7, 11) is 0. The largest absolute Gasteiger partial charge is 0.456 e. The van der Waals surface area contributed by atoms with Gasteiger partial charge in [-0.1, -0.05) is 190 Å². The first-order valence-corrected chi connectivity index (χ1v) is 20.2. The highest BCUT2D eigenvalue weighted by Crippen LogP contribution is 2.63. The fraction of sp³-hybridized carbons (Fsp3) is 0.0714. The van der Waals surface area contributed by atoms with E-state index in [1.807, 2.05) is 0 Å². The molecular formula is C56H41NO. The normalized spacial score (nSPS) is 15.8. The summed E-state index contributed by atoms with van der Waals surface area (Å²) in [5.41, 5.74) is 14.6. The van der Waals surface area contributed by atoms with Gasteiger partial charge in [0.2, 0.25) is 0 Å². The van der Waals surface area contributed by atoms with Crippen LogP contribution < -0.4 is 9.64 Å². The van der Waals surface area contributed by atoms with Crippen LogP contribution in [-0.2, 0) is 10.8 Å². The van der Waals surface area contributed by atoms with Gasteiger partial charge in [-0.15, -0.1) is 0 Å². The van der Waals surface area contributed by atoms with Crippen molar-refractivity contribution in [3.8, 4) is 33.8 Å². The average molecular weight is 744 g/mol. The molecule has 0 fully saturated rings. The predicted octanol–water partition coefficient (Wildman–Crippen LogP) is 14.8. The van der Waals surface area contributed by atoms with E-state index in [2.05, 4.69) is 231 Å². The quantitative estimate of drug-likeness (QED) is 0.174. The minimum Gasteiger partial charge on any atom is -0.456 e. The Morgan fingerprint density at radius 2 is 0.966 bits per heavy atom. The number of ether oxygens (including phenoxy) is 1. The third kappa shape index (κ3) is 5.05. The maximum atomic E-state index is 7.02. The zero-order chi connectivity index (χ0) is 38.8. The predicted molar refractivity (Wildman–Crippen MR) is 240 cm³/mol. The van der Waals surface area contributed by atoms with Gasteiger partial charge >= 0.3 is 0 Å². The number of hydrogen-bond acceptors (Lipinski definition) is 2. The Morgan fingerprint density at radius 3 is 1.76 bits per heavy atom. The second-order valence-corrected chi connectivity index (χ2v) is 16.0. The van der Waals surface area contributed by atoms with Crippen molar-refractivity contribution < 1.29 is 4.74 Å². The lowest BCUT2D eigenvalue weighted by molar-refractivity contribution is 0.430. The van der Waals surface area contributed by atoms with Crippen LogP contribution in [0.25, 0.3) is 33.0 Å². The number of anilines is 3. The Labute approximate surface area is 340 Å². The monoisotopic (exact) mass is 743 g/mol. The van der Waals surface area contributed by atoms with E-state index >= 15 is 0 Å². The minimum absolute atomic E-state index is 0.274. The summed E-state index contributed by atoms with van der Waals surface area (Å²) in [6.45, 7) is 4.77. The molecule has 11 rings (SSSR count). The molecule has 0 saturated heterocycles. The number of nitrogens with zero attached hydrogens (tertiary/aromatic N) is 1. The lowest BCUT2D eigenvalue weighted by atomic mass is 9.53. The maximum absolute atomic E-state index is 7.02. The first kappa shape index (κ1) is 34.1. The van der Waals surface area contributed by atoms with Crippen LogP contribution in [0.15, 0.2) is 212 Å². The highest BCUT2D eigenvalue weighted by atomic mass is 16.5. The molecule has 9 aromatic rings. The van der Waals surface area contributed by atoms with Crippen LogP contribution in [0.4, 0.5) is 17.1 Å². The Morgan fingerprint density at radius 1 is 0.397 bits per heavy atom. The van der Waals surface area contributed by atoms with Gasteiger partial charge in [-0.05, 0) is 80.7 Å². The molecule has 1 unspecified atom stereocenters. The molecule has 0 radical (unpaired) electrons. The molecule has 58 heavy (non-hydrogen) atoms. The molecule has 1 atom stereocenters. The van der Waals surface area contributed by atoms with E-state index in [0.29, 0.717) is 0 Å². The van der Waals surface area contributed by atoms with Crippen LogP contribution in [0, 0.1) is 0 Å². The van der Waals surface area contributed by atoms with Crippen LogP contribution in [-0.4, -0.2) is 0 Å². The summed E-state index contributed by atoms with van der Waals surface area (Å²) in [5, 5.41) is 2.28. The number of para-hydroxylation sites is 2. The van der Waals surface area contributed by atoms with E-state index in [1.165, 1.54) is 44.5 Å². The molecule has 1 aliphatic carbocycles. The van der Waals surface area contributed by atoms with E-state index in [-0.39, 0.29) is 5.41 Å². The highest BCUT2D eigenvalue weighted by molar-refractivity contribution is 5.94. The first-order valence-electron chi connectivity index (χ1n) is 20.2. The lowest BCUT2D eigenvalue weighted by Gasteiger charge is -2.50. The Bertz CT molecular complexity index is 3000. The smallest absolute Gasteiger partial charge is 0.140 e. The SMILES string of the molecule is CC1(C)c2ccccc2C2(c3ccccc3Oc3c2ccc2ccccc32)c2cc(N(c3ccc(-c4ccccc4)cc3)c3ccccc3-c3ccccc3)ccc21. The van der Waals surface area contributed by atoms with E-state index in [9.17, 15) is 0 Å². The van der Waals surface area contributed by atoms with Crippen LogP contribution >= 0.6 is 0 Å². The van der Waals surface area contributed by atoms with Gasteiger partial charge in [0.1, 0.15) is 11.5 Å². The third-order valence-electron chi connectivity index (χ3n) is 12.6. The van der Waals surface area contributed by atoms with Gasteiger partial charge in [0.15, 0.2) is 0 Å².